The monoisotopic (exact) mass is 380 g/mol. The van der Waals surface area contributed by atoms with Crippen molar-refractivity contribution in [1.29, 1.82) is 0 Å². The van der Waals surface area contributed by atoms with Crippen LogP contribution in [0.25, 0.3) is 5.65 Å². The number of nitrogens with zero attached hydrogens (tertiary/aromatic N) is 5. The molecule has 0 aliphatic carbocycles. The van der Waals surface area contributed by atoms with Crippen molar-refractivity contribution in [2.24, 2.45) is 0 Å². The number of likely N-dealkylation sites (tertiary alicyclic amines) is 1. The van der Waals surface area contributed by atoms with Gasteiger partial charge in [0.25, 0.3) is 0 Å². The predicted octanol–water partition coefficient (Wildman–Crippen LogP) is 3.07. The van der Waals surface area contributed by atoms with Crippen LogP contribution in [0.5, 0.6) is 6.01 Å². The highest BCUT2D eigenvalue weighted by molar-refractivity contribution is 5.59. The molecule has 4 rings (SSSR count). The molecule has 1 saturated heterocycles. The Balaban J connectivity index is 1.49. The average molecular weight is 380 g/mol. The van der Waals surface area contributed by atoms with E-state index in [1.165, 1.54) is 37.1 Å². The smallest absolute Gasteiger partial charge is 0.336 e. The number of aromatic nitrogens is 4. The molecule has 0 spiro atoms. The number of ether oxygens (including phenoxy) is 1. The third kappa shape index (κ3) is 4.25. The first-order valence-electron chi connectivity index (χ1n) is 10.2. The molecule has 0 radical (unpaired) electrons. The molecular weight excluding hydrogens is 352 g/mol. The molecule has 0 saturated carbocycles. The van der Waals surface area contributed by atoms with Gasteiger partial charge >= 0.3 is 6.01 Å². The fourth-order valence-corrected chi connectivity index (χ4v) is 3.59. The lowest BCUT2D eigenvalue weighted by Crippen LogP contribution is -2.18. The van der Waals surface area contributed by atoms with Crippen LogP contribution in [0.2, 0.25) is 0 Å². The maximum Gasteiger partial charge on any atom is 0.336 e. The van der Waals surface area contributed by atoms with Gasteiger partial charge in [-0.05, 0) is 43.5 Å². The summed E-state index contributed by atoms with van der Waals surface area (Å²) in [6.07, 6.45) is 7.21. The number of rotatable bonds is 8. The fourth-order valence-electron chi connectivity index (χ4n) is 3.59. The molecule has 7 nitrogen and oxygen atoms in total. The molecule has 148 valence electrons. The van der Waals surface area contributed by atoms with E-state index in [1.54, 1.807) is 4.52 Å². The Hall–Kier alpha value is -2.67. The number of unbranched alkanes of at least 4 members (excludes halogenated alkanes) is 1. The van der Waals surface area contributed by atoms with Gasteiger partial charge in [-0.25, -0.2) is 9.50 Å². The zero-order chi connectivity index (χ0) is 19.3. The van der Waals surface area contributed by atoms with E-state index in [9.17, 15) is 0 Å². The van der Waals surface area contributed by atoms with Crippen LogP contribution in [0.1, 0.15) is 49.4 Å². The van der Waals surface area contributed by atoms with Gasteiger partial charge in [0.1, 0.15) is 0 Å². The van der Waals surface area contributed by atoms with E-state index in [0.717, 1.165) is 31.5 Å². The summed E-state index contributed by atoms with van der Waals surface area (Å²) in [6, 6.07) is 9.12. The molecule has 1 aliphatic rings. The Morgan fingerprint density at radius 2 is 1.86 bits per heavy atom. The number of hydrogen-bond acceptors (Lipinski definition) is 6. The molecule has 0 atom stereocenters. The highest BCUT2D eigenvalue weighted by atomic mass is 16.5. The van der Waals surface area contributed by atoms with E-state index < -0.39 is 0 Å². The number of benzene rings is 1. The molecule has 1 fully saturated rings. The second kappa shape index (κ2) is 8.56. The lowest BCUT2D eigenvalue weighted by atomic mass is 10.1. The first-order valence-corrected chi connectivity index (χ1v) is 10.2. The topological polar surface area (TPSA) is 81.6 Å². The van der Waals surface area contributed by atoms with Crippen molar-refractivity contribution in [3.05, 3.63) is 47.3 Å². The van der Waals surface area contributed by atoms with Crippen LogP contribution in [-0.2, 0) is 13.0 Å². The summed E-state index contributed by atoms with van der Waals surface area (Å²) < 4.78 is 7.39. The normalized spacial score (nSPS) is 14.8. The Morgan fingerprint density at radius 3 is 2.61 bits per heavy atom. The molecule has 0 amide bonds. The van der Waals surface area contributed by atoms with Gasteiger partial charge in [-0.3, -0.25) is 4.90 Å². The maximum atomic E-state index is 6.05. The van der Waals surface area contributed by atoms with Gasteiger partial charge in [-0.1, -0.05) is 37.6 Å². The van der Waals surface area contributed by atoms with Crippen LogP contribution in [0.3, 0.4) is 0 Å². The standard InChI is InChI=1S/C21H28N6O/c1-2-3-12-28-21-24-19(22)20-23-14-18(27(20)25-21)13-16-6-8-17(9-7-16)15-26-10-4-5-11-26/h6-9,14H,2-5,10-13,15H2,1H3,(H2,22,24,25). The van der Waals surface area contributed by atoms with Crippen LogP contribution in [0, 0.1) is 0 Å². The minimum Gasteiger partial charge on any atom is -0.462 e. The molecule has 3 aromatic rings. The number of nitrogens with two attached hydrogens (primary N) is 1. The van der Waals surface area contributed by atoms with Gasteiger partial charge in [0.2, 0.25) is 0 Å². The maximum absolute atomic E-state index is 6.05. The fraction of sp³-hybridized carbons (Fsp3) is 0.476. The lowest BCUT2D eigenvalue weighted by Gasteiger charge is -2.14. The van der Waals surface area contributed by atoms with Gasteiger partial charge in [0, 0.05) is 13.0 Å². The van der Waals surface area contributed by atoms with Gasteiger partial charge in [-0.15, -0.1) is 5.10 Å². The van der Waals surface area contributed by atoms with Gasteiger partial charge in [0.15, 0.2) is 11.5 Å². The van der Waals surface area contributed by atoms with Crippen molar-refractivity contribution in [2.75, 3.05) is 25.4 Å². The summed E-state index contributed by atoms with van der Waals surface area (Å²) >= 11 is 0. The van der Waals surface area contributed by atoms with Gasteiger partial charge in [-0.2, -0.15) is 4.98 Å². The van der Waals surface area contributed by atoms with E-state index in [-0.39, 0.29) is 0 Å². The first-order chi connectivity index (χ1) is 13.7. The number of fused-ring (bicyclic) bond motifs is 1. The minimum atomic E-state index is 0.304. The van der Waals surface area contributed by atoms with Crippen molar-refractivity contribution >= 4 is 11.5 Å². The van der Waals surface area contributed by atoms with Crippen molar-refractivity contribution in [1.82, 2.24) is 24.5 Å². The SMILES string of the molecule is CCCCOc1nc(N)c2ncc(Cc3ccc(CN4CCCC4)cc3)n2n1. The number of anilines is 1. The van der Waals surface area contributed by atoms with Gasteiger partial charge < -0.3 is 10.5 Å². The van der Waals surface area contributed by atoms with Crippen LogP contribution in [-0.4, -0.2) is 44.2 Å². The minimum absolute atomic E-state index is 0.304. The Labute approximate surface area is 165 Å². The second-order valence-electron chi connectivity index (χ2n) is 7.44. The zero-order valence-electron chi connectivity index (χ0n) is 16.5. The van der Waals surface area contributed by atoms with E-state index in [1.807, 2.05) is 6.20 Å². The molecule has 0 bridgehead atoms. The molecule has 7 heteroatoms. The molecular formula is C21H28N6O. The van der Waals surface area contributed by atoms with Crippen LogP contribution < -0.4 is 10.5 Å². The summed E-state index contributed by atoms with van der Waals surface area (Å²) in [5.41, 5.74) is 10.2. The second-order valence-corrected chi connectivity index (χ2v) is 7.44. The van der Waals surface area contributed by atoms with Crippen LogP contribution in [0.4, 0.5) is 5.82 Å². The van der Waals surface area contributed by atoms with E-state index in [4.69, 9.17) is 10.5 Å². The molecule has 2 N–H and O–H groups in total. The first kappa shape index (κ1) is 18.7. The van der Waals surface area contributed by atoms with Crippen LogP contribution >= 0.6 is 0 Å². The lowest BCUT2D eigenvalue weighted by molar-refractivity contribution is 0.280. The van der Waals surface area contributed by atoms with Crippen LogP contribution in [0.15, 0.2) is 30.5 Å². The third-order valence-corrected chi connectivity index (χ3v) is 5.18. The third-order valence-electron chi connectivity index (χ3n) is 5.18. The molecule has 3 heterocycles. The van der Waals surface area contributed by atoms with Crippen molar-refractivity contribution < 1.29 is 4.74 Å². The highest BCUT2D eigenvalue weighted by Crippen LogP contribution is 2.18. The molecule has 1 aromatic carbocycles. The Morgan fingerprint density at radius 1 is 1.11 bits per heavy atom. The van der Waals surface area contributed by atoms with Crippen molar-refractivity contribution in [3.63, 3.8) is 0 Å². The summed E-state index contributed by atoms with van der Waals surface area (Å²) in [5, 5.41) is 4.48. The molecule has 28 heavy (non-hydrogen) atoms. The number of nitrogen functional groups attached to an aromatic ring is 1. The summed E-state index contributed by atoms with van der Waals surface area (Å²) in [7, 11) is 0. The number of hydrogen-bond donors (Lipinski definition) is 1. The Bertz CT molecular complexity index is 915. The summed E-state index contributed by atoms with van der Waals surface area (Å²) in [5.74, 6) is 0.341. The van der Waals surface area contributed by atoms with Crippen molar-refractivity contribution in [2.45, 2.75) is 45.6 Å². The molecule has 1 aliphatic heterocycles. The summed E-state index contributed by atoms with van der Waals surface area (Å²) in [4.78, 5) is 11.1. The number of imidazole rings is 1. The highest BCUT2D eigenvalue weighted by Gasteiger charge is 2.14. The molecule has 0 unspecified atom stereocenters. The van der Waals surface area contributed by atoms with Crippen molar-refractivity contribution in [3.8, 4) is 6.01 Å². The summed E-state index contributed by atoms with van der Waals surface area (Å²) in [6.45, 7) is 6.18. The average Bonchev–Trinajstić information content (AvgIpc) is 3.34. The van der Waals surface area contributed by atoms with Gasteiger partial charge in [0.05, 0.1) is 18.5 Å². The largest absolute Gasteiger partial charge is 0.462 e. The van der Waals surface area contributed by atoms with E-state index in [2.05, 4.69) is 51.2 Å². The Kier molecular flexibility index (Phi) is 5.71. The van der Waals surface area contributed by atoms with E-state index in [0.29, 0.717) is 24.1 Å². The predicted molar refractivity (Wildman–Crippen MR) is 109 cm³/mol. The quantitative estimate of drug-likeness (QED) is 0.605. The molecule has 2 aromatic heterocycles. The van der Waals surface area contributed by atoms with E-state index >= 15 is 0 Å². The zero-order valence-corrected chi connectivity index (χ0v) is 16.5.